The van der Waals surface area contributed by atoms with Crippen LogP contribution in [0.1, 0.15) is 6.92 Å². The SMILES string of the molecule is CCNNI(O)N(N)N. The molecule has 7 heteroatoms. The molecule has 0 aromatic rings. The third kappa shape index (κ3) is 4.96. The predicted molar refractivity (Wildman–Crippen MR) is 43.3 cm³/mol. The third-order valence-electron chi connectivity index (χ3n) is 0.513. The molecule has 0 heterocycles. The van der Waals surface area contributed by atoms with Crippen LogP contribution in [0.3, 0.4) is 0 Å². The van der Waals surface area contributed by atoms with E-state index in [0.717, 1.165) is 9.88 Å². The Morgan fingerprint density at radius 1 is 1.67 bits per heavy atom. The number of nitrogens with one attached hydrogen (secondary N) is 2. The Kier molecular flexibility index (Phi) is 5.58. The zero-order valence-corrected chi connectivity index (χ0v) is 7.29. The third-order valence-corrected chi connectivity index (χ3v) is 2.43. The molecular formula is C2H12IN5O. The molecule has 58 valence electrons. The van der Waals surface area contributed by atoms with E-state index < -0.39 is 20.8 Å². The molecule has 7 N–H and O–H groups in total. The summed E-state index contributed by atoms with van der Waals surface area (Å²) in [6.45, 7) is 2.62. The van der Waals surface area contributed by atoms with E-state index in [2.05, 4.69) is 9.06 Å². The van der Waals surface area contributed by atoms with Crippen molar-refractivity contribution in [2.75, 3.05) is 6.54 Å². The van der Waals surface area contributed by atoms with Gasteiger partial charge < -0.3 is 0 Å². The molecule has 0 unspecified atom stereocenters. The molecule has 0 radical (unpaired) electrons. The number of hydrazine groups is 3. The number of hydrogen-bond acceptors (Lipinski definition) is 6. The average Bonchev–Trinajstić information content (AvgIpc) is 1.82. The first-order valence-corrected chi connectivity index (χ1v) is 5.36. The van der Waals surface area contributed by atoms with Crippen molar-refractivity contribution in [3.05, 3.63) is 0 Å². The van der Waals surface area contributed by atoms with Crippen molar-refractivity contribution >= 4 is 20.8 Å². The molecule has 0 amide bonds. The van der Waals surface area contributed by atoms with Gasteiger partial charge in [0, 0.05) is 0 Å². The minimum absolute atomic E-state index is 0.725. The fourth-order valence-corrected chi connectivity index (χ4v) is 1.18. The average molecular weight is 249 g/mol. The van der Waals surface area contributed by atoms with Gasteiger partial charge in [-0.2, -0.15) is 0 Å². The summed E-state index contributed by atoms with van der Waals surface area (Å²) in [7, 11) is 0. The molecule has 0 aliphatic rings. The van der Waals surface area contributed by atoms with Crippen LogP contribution in [0.15, 0.2) is 0 Å². The Morgan fingerprint density at radius 2 is 2.22 bits per heavy atom. The van der Waals surface area contributed by atoms with Crippen LogP contribution >= 0.6 is 20.8 Å². The van der Waals surface area contributed by atoms with Crippen LogP contribution in [0.5, 0.6) is 0 Å². The Labute approximate surface area is 62.1 Å². The fraction of sp³-hybridized carbons (Fsp3) is 1.00. The van der Waals surface area contributed by atoms with Crippen molar-refractivity contribution in [3.8, 4) is 0 Å². The molecule has 9 heavy (non-hydrogen) atoms. The van der Waals surface area contributed by atoms with Crippen LogP contribution in [-0.2, 0) is 0 Å². The van der Waals surface area contributed by atoms with Gasteiger partial charge in [0.15, 0.2) is 0 Å². The molecule has 0 bridgehead atoms. The first-order valence-electron chi connectivity index (χ1n) is 2.35. The van der Waals surface area contributed by atoms with Gasteiger partial charge in [0.1, 0.15) is 0 Å². The Morgan fingerprint density at radius 3 is 2.56 bits per heavy atom. The van der Waals surface area contributed by atoms with Crippen LogP contribution in [0.25, 0.3) is 0 Å². The zero-order valence-electron chi connectivity index (χ0n) is 5.13. The molecular weight excluding hydrogens is 237 g/mol. The summed E-state index contributed by atoms with van der Waals surface area (Å²) in [4.78, 5) is 0. The zero-order chi connectivity index (χ0) is 7.28. The number of rotatable bonds is 4. The summed E-state index contributed by atoms with van der Waals surface area (Å²) in [5.41, 5.74) is 2.70. The van der Waals surface area contributed by atoms with E-state index in [1.54, 1.807) is 0 Å². The number of hydrogen-bond donors (Lipinski definition) is 5. The predicted octanol–water partition coefficient (Wildman–Crippen LogP) is -1.61. The maximum atomic E-state index is 8.92. The van der Waals surface area contributed by atoms with E-state index in [-0.39, 0.29) is 0 Å². The number of nitrogens with zero attached hydrogens (tertiary/aromatic N) is 1. The summed E-state index contributed by atoms with van der Waals surface area (Å²) in [5.74, 6) is 10.0. The van der Waals surface area contributed by atoms with Crippen LogP contribution in [0, 0.1) is 0 Å². The molecule has 0 aromatic heterocycles. The van der Waals surface area contributed by atoms with Gasteiger partial charge in [0.25, 0.3) is 0 Å². The maximum absolute atomic E-state index is 8.92. The molecule has 6 nitrogen and oxygen atoms in total. The van der Waals surface area contributed by atoms with Crippen molar-refractivity contribution in [1.82, 2.24) is 12.4 Å². The van der Waals surface area contributed by atoms with Crippen molar-refractivity contribution in [3.63, 3.8) is 0 Å². The molecule has 0 aliphatic carbocycles. The monoisotopic (exact) mass is 249 g/mol. The van der Waals surface area contributed by atoms with Gasteiger partial charge in [0.2, 0.25) is 0 Å². The molecule has 0 atom stereocenters. The second-order valence-corrected chi connectivity index (χ2v) is 4.26. The van der Waals surface area contributed by atoms with Gasteiger partial charge in [-0.3, -0.25) is 0 Å². The quantitative estimate of drug-likeness (QED) is 0.178. The van der Waals surface area contributed by atoms with Crippen molar-refractivity contribution in [2.45, 2.75) is 6.92 Å². The molecule has 0 aliphatic heterocycles. The minimum atomic E-state index is -2.42. The number of halogens is 1. The molecule has 0 aromatic carbocycles. The van der Waals surface area contributed by atoms with Gasteiger partial charge in [-0.15, -0.1) is 0 Å². The van der Waals surface area contributed by atoms with E-state index >= 15 is 0 Å². The van der Waals surface area contributed by atoms with Crippen LogP contribution < -0.4 is 20.8 Å². The Balaban J connectivity index is 3.16. The fourth-order valence-electron chi connectivity index (χ4n) is 0.175. The van der Waals surface area contributed by atoms with Crippen molar-refractivity contribution < 1.29 is 3.44 Å². The second kappa shape index (κ2) is 5.29. The summed E-state index contributed by atoms with van der Waals surface area (Å²) < 4.78 is 12.3. The van der Waals surface area contributed by atoms with E-state index in [4.69, 9.17) is 15.1 Å². The summed E-state index contributed by atoms with van der Waals surface area (Å²) in [6.07, 6.45) is 0. The van der Waals surface area contributed by atoms with Gasteiger partial charge in [-0.25, -0.2) is 0 Å². The van der Waals surface area contributed by atoms with Crippen LogP contribution in [-0.4, -0.2) is 13.3 Å². The second-order valence-electron chi connectivity index (χ2n) is 1.21. The summed E-state index contributed by atoms with van der Waals surface area (Å²) >= 11 is -2.42. The van der Waals surface area contributed by atoms with Crippen molar-refractivity contribution in [2.24, 2.45) is 11.7 Å². The van der Waals surface area contributed by atoms with Gasteiger partial charge in [-0.1, -0.05) is 0 Å². The number of nitrogens with two attached hydrogens (primary N) is 2. The molecule has 0 spiro atoms. The normalized spacial score (nSPS) is 12.3. The first kappa shape index (κ1) is 9.49. The summed E-state index contributed by atoms with van der Waals surface area (Å²) in [6, 6.07) is 0. The standard InChI is InChI=1S/C2H12IN5O/c1-2-6-7-3(9)8(4)5/h6-7,9H,2,4-5H2,1H3. The van der Waals surface area contributed by atoms with Gasteiger partial charge >= 0.3 is 61.8 Å². The first-order chi connectivity index (χ1) is 4.18. The topological polar surface area (TPSA) is 99.6 Å². The van der Waals surface area contributed by atoms with E-state index in [1.807, 2.05) is 6.92 Å². The Hall–Kier alpha value is 0.490. The van der Waals surface area contributed by atoms with E-state index in [1.165, 1.54) is 0 Å². The van der Waals surface area contributed by atoms with Gasteiger partial charge in [0.05, 0.1) is 0 Å². The van der Waals surface area contributed by atoms with Crippen LogP contribution in [0.2, 0.25) is 0 Å². The molecule has 0 saturated heterocycles. The molecule has 0 fully saturated rings. The molecule has 0 saturated carbocycles. The van der Waals surface area contributed by atoms with E-state index in [9.17, 15) is 0 Å². The van der Waals surface area contributed by atoms with E-state index in [0.29, 0.717) is 0 Å². The van der Waals surface area contributed by atoms with Crippen molar-refractivity contribution in [1.29, 1.82) is 0 Å². The molecule has 0 rings (SSSR count). The van der Waals surface area contributed by atoms with Crippen LogP contribution in [0.4, 0.5) is 0 Å². The Bertz CT molecular complexity index is 70.0. The summed E-state index contributed by atoms with van der Waals surface area (Å²) in [5, 5.41) is 0. The van der Waals surface area contributed by atoms with Gasteiger partial charge in [-0.05, 0) is 0 Å².